The number of fused-ring (bicyclic) bond motifs is 1. The van der Waals surface area contributed by atoms with Gasteiger partial charge in [0.15, 0.2) is 17.3 Å². The smallest absolute Gasteiger partial charge is 0.348 e. The van der Waals surface area contributed by atoms with E-state index in [1.807, 2.05) is 0 Å². The lowest BCUT2D eigenvalue weighted by Gasteiger charge is -2.04. The van der Waals surface area contributed by atoms with Crippen LogP contribution in [0.4, 0.5) is 4.39 Å². The summed E-state index contributed by atoms with van der Waals surface area (Å²) < 4.78 is 23.6. The molecule has 0 aliphatic heterocycles. The third-order valence-electron chi connectivity index (χ3n) is 2.31. The van der Waals surface area contributed by atoms with Crippen LogP contribution in [0, 0.1) is 5.82 Å². The van der Waals surface area contributed by atoms with Crippen LogP contribution in [0.2, 0.25) is 0 Å². The first kappa shape index (κ1) is 11.7. The third-order valence-corrected chi connectivity index (χ3v) is 3.37. The zero-order valence-electron chi connectivity index (χ0n) is 9.11. The number of benzene rings is 1. The van der Waals surface area contributed by atoms with Crippen LogP contribution in [0.3, 0.4) is 0 Å². The van der Waals surface area contributed by atoms with Gasteiger partial charge in [-0.2, -0.15) is 0 Å². The standard InChI is InChI=1S/C11H9FO4S/c1-15-6-4-7-5(9(12)10(6)13)3-8(17-7)11(14)16-2/h3-4,13H,1-2H3. The van der Waals surface area contributed by atoms with Crippen molar-refractivity contribution in [2.45, 2.75) is 0 Å². The molecule has 0 unspecified atom stereocenters. The number of esters is 1. The molecule has 0 atom stereocenters. The van der Waals surface area contributed by atoms with Crippen LogP contribution in [0.25, 0.3) is 10.1 Å². The molecular formula is C11H9FO4S. The Balaban J connectivity index is 2.69. The van der Waals surface area contributed by atoms with E-state index in [0.717, 1.165) is 11.3 Å². The number of carbonyl (C=O) groups is 1. The highest BCUT2D eigenvalue weighted by Gasteiger charge is 2.18. The molecule has 1 aromatic heterocycles. The number of hydrogen-bond acceptors (Lipinski definition) is 5. The molecule has 0 saturated heterocycles. The molecule has 2 rings (SSSR count). The lowest BCUT2D eigenvalue weighted by Crippen LogP contribution is -1.96. The fraction of sp³-hybridized carbons (Fsp3) is 0.182. The molecule has 1 heterocycles. The Kier molecular flexibility index (Phi) is 2.89. The molecule has 17 heavy (non-hydrogen) atoms. The lowest BCUT2D eigenvalue weighted by atomic mass is 10.2. The van der Waals surface area contributed by atoms with Gasteiger partial charge in [0, 0.05) is 16.2 Å². The minimum Gasteiger partial charge on any atom is -0.502 e. The second-order valence-corrected chi connectivity index (χ2v) is 4.34. The second kappa shape index (κ2) is 4.21. The number of carbonyl (C=O) groups excluding carboxylic acids is 1. The number of aromatic hydroxyl groups is 1. The topological polar surface area (TPSA) is 55.8 Å². The monoisotopic (exact) mass is 256 g/mol. The van der Waals surface area contributed by atoms with Crippen LogP contribution in [0.1, 0.15) is 9.67 Å². The fourth-order valence-electron chi connectivity index (χ4n) is 1.46. The molecule has 6 heteroatoms. The van der Waals surface area contributed by atoms with E-state index < -0.39 is 17.5 Å². The Labute approximate surface area is 100 Å². The van der Waals surface area contributed by atoms with Gasteiger partial charge >= 0.3 is 5.97 Å². The molecule has 0 aliphatic carbocycles. The van der Waals surface area contributed by atoms with E-state index in [1.165, 1.54) is 26.4 Å². The average Bonchev–Trinajstić information content (AvgIpc) is 2.76. The normalized spacial score (nSPS) is 10.5. The predicted molar refractivity (Wildman–Crippen MR) is 61.3 cm³/mol. The summed E-state index contributed by atoms with van der Waals surface area (Å²) in [5, 5.41) is 9.66. The number of hydrogen-bond donors (Lipinski definition) is 1. The second-order valence-electron chi connectivity index (χ2n) is 3.26. The van der Waals surface area contributed by atoms with Gasteiger partial charge in [0.25, 0.3) is 0 Å². The zero-order valence-corrected chi connectivity index (χ0v) is 9.93. The summed E-state index contributed by atoms with van der Waals surface area (Å²) in [6.45, 7) is 0. The molecule has 0 spiro atoms. The third kappa shape index (κ3) is 1.80. The Morgan fingerprint density at radius 2 is 2.12 bits per heavy atom. The minimum atomic E-state index is -0.800. The number of phenolic OH excluding ortho intramolecular Hbond substituents is 1. The maximum absolute atomic E-state index is 13.8. The van der Waals surface area contributed by atoms with E-state index in [2.05, 4.69) is 4.74 Å². The van der Waals surface area contributed by atoms with Crippen LogP contribution in [0.15, 0.2) is 12.1 Å². The van der Waals surface area contributed by atoms with Gasteiger partial charge in [0.05, 0.1) is 14.2 Å². The van der Waals surface area contributed by atoms with Crippen molar-refractivity contribution in [1.82, 2.24) is 0 Å². The molecule has 2 aromatic rings. The van der Waals surface area contributed by atoms with Gasteiger partial charge in [0.2, 0.25) is 0 Å². The van der Waals surface area contributed by atoms with Crippen molar-refractivity contribution in [3.63, 3.8) is 0 Å². The Bertz CT molecular complexity index is 591. The van der Waals surface area contributed by atoms with Gasteiger partial charge in [-0.3, -0.25) is 0 Å². The van der Waals surface area contributed by atoms with Crippen molar-refractivity contribution in [3.05, 3.63) is 22.8 Å². The van der Waals surface area contributed by atoms with Crippen LogP contribution < -0.4 is 4.74 Å². The fourth-order valence-corrected chi connectivity index (χ4v) is 2.47. The quantitative estimate of drug-likeness (QED) is 0.839. The Hall–Kier alpha value is -1.82. The lowest BCUT2D eigenvalue weighted by molar-refractivity contribution is 0.0606. The Morgan fingerprint density at radius 3 is 2.71 bits per heavy atom. The van der Waals surface area contributed by atoms with Crippen LogP contribution in [-0.2, 0) is 4.74 Å². The van der Waals surface area contributed by atoms with Crippen molar-refractivity contribution < 1.29 is 23.8 Å². The van der Waals surface area contributed by atoms with E-state index in [9.17, 15) is 14.3 Å². The summed E-state index contributed by atoms with van der Waals surface area (Å²) in [5.74, 6) is -1.86. The molecule has 90 valence electrons. The molecule has 0 bridgehead atoms. The molecule has 1 aromatic carbocycles. The van der Waals surface area contributed by atoms with Crippen molar-refractivity contribution in [2.75, 3.05) is 14.2 Å². The van der Waals surface area contributed by atoms with Crippen molar-refractivity contribution >= 4 is 27.4 Å². The van der Waals surface area contributed by atoms with E-state index >= 15 is 0 Å². The predicted octanol–water partition coefficient (Wildman–Crippen LogP) is 2.54. The van der Waals surface area contributed by atoms with E-state index in [0.29, 0.717) is 4.70 Å². The Morgan fingerprint density at radius 1 is 1.41 bits per heavy atom. The van der Waals surface area contributed by atoms with Crippen molar-refractivity contribution in [3.8, 4) is 11.5 Å². The number of thiophene rings is 1. The molecule has 0 radical (unpaired) electrons. The highest BCUT2D eigenvalue weighted by molar-refractivity contribution is 7.20. The highest BCUT2D eigenvalue weighted by Crippen LogP contribution is 2.39. The molecule has 4 nitrogen and oxygen atoms in total. The summed E-state index contributed by atoms with van der Waals surface area (Å²) in [5.41, 5.74) is 0. The van der Waals surface area contributed by atoms with E-state index in [1.54, 1.807) is 0 Å². The molecule has 1 N–H and O–H groups in total. The minimum absolute atomic E-state index is 0.0354. The summed E-state index contributed by atoms with van der Waals surface area (Å²) in [4.78, 5) is 11.6. The first-order valence-corrected chi connectivity index (χ1v) is 5.47. The van der Waals surface area contributed by atoms with Crippen LogP contribution >= 0.6 is 11.3 Å². The summed E-state index contributed by atoms with van der Waals surface area (Å²) >= 11 is 1.08. The van der Waals surface area contributed by atoms with Gasteiger partial charge in [-0.15, -0.1) is 11.3 Å². The number of ether oxygens (including phenoxy) is 2. The SMILES string of the molecule is COC(=O)c1cc2c(F)c(O)c(OC)cc2s1. The average molecular weight is 256 g/mol. The summed E-state index contributed by atoms with van der Waals surface area (Å²) in [7, 11) is 2.58. The van der Waals surface area contributed by atoms with Crippen molar-refractivity contribution in [2.24, 2.45) is 0 Å². The molecule has 0 aliphatic rings. The first-order valence-electron chi connectivity index (χ1n) is 4.65. The number of phenols is 1. The number of halogens is 1. The van der Waals surface area contributed by atoms with Crippen LogP contribution in [-0.4, -0.2) is 25.3 Å². The van der Waals surface area contributed by atoms with Crippen molar-refractivity contribution in [1.29, 1.82) is 0 Å². The molecule has 0 amide bonds. The number of rotatable bonds is 2. The largest absolute Gasteiger partial charge is 0.502 e. The zero-order chi connectivity index (χ0) is 12.6. The first-order chi connectivity index (χ1) is 8.08. The van der Waals surface area contributed by atoms with E-state index in [4.69, 9.17) is 4.74 Å². The van der Waals surface area contributed by atoms with Gasteiger partial charge in [0.1, 0.15) is 4.88 Å². The molecule has 0 fully saturated rings. The van der Waals surface area contributed by atoms with Gasteiger partial charge in [-0.25, -0.2) is 9.18 Å². The van der Waals surface area contributed by atoms with Crippen LogP contribution in [0.5, 0.6) is 11.5 Å². The van der Waals surface area contributed by atoms with Gasteiger partial charge in [-0.05, 0) is 6.07 Å². The maximum atomic E-state index is 13.8. The summed E-state index contributed by atoms with van der Waals surface area (Å²) in [6, 6.07) is 2.82. The van der Waals surface area contributed by atoms with Gasteiger partial charge < -0.3 is 14.6 Å². The van der Waals surface area contributed by atoms with E-state index in [-0.39, 0.29) is 16.0 Å². The van der Waals surface area contributed by atoms with Gasteiger partial charge in [-0.1, -0.05) is 0 Å². The maximum Gasteiger partial charge on any atom is 0.348 e. The number of methoxy groups -OCH3 is 2. The summed E-state index contributed by atoms with van der Waals surface area (Å²) in [6.07, 6.45) is 0. The molecular weight excluding hydrogens is 247 g/mol. The molecule has 0 saturated carbocycles. The highest BCUT2D eigenvalue weighted by atomic mass is 32.1.